The van der Waals surface area contributed by atoms with Crippen LogP contribution in [0.4, 0.5) is 5.69 Å². The number of aryl methyl sites for hydroxylation is 2. The number of benzene rings is 3. The molecule has 4 aromatic rings. The molecule has 9 heteroatoms. The van der Waals surface area contributed by atoms with Crippen LogP contribution in [0.1, 0.15) is 30.3 Å². The van der Waals surface area contributed by atoms with Crippen molar-refractivity contribution < 1.29 is 9.53 Å². The van der Waals surface area contributed by atoms with Crippen LogP contribution in [0.5, 0.6) is 5.75 Å². The van der Waals surface area contributed by atoms with Gasteiger partial charge in [-0.25, -0.2) is 4.98 Å². The van der Waals surface area contributed by atoms with Crippen molar-refractivity contribution in [3.8, 4) is 5.75 Å². The maximum Gasteiger partial charge on any atom is 0.282 e. The Kier molecular flexibility index (Phi) is 8.18. The van der Waals surface area contributed by atoms with E-state index in [0.717, 1.165) is 22.1 Å². The van der Waals surface area contributed by atoms with Gasteiger partial charge in [-0.2, -0.15) is 9.78 Å². The average molecular weight is 568 g/mol. The van der Waals surface area contributed by atoms with Crippen molar-refractivity contribution in [1.82, 2.24) is 9.66 Å². The van der Waals surface area contributed by atoms with Crippen molar-refractivity contribution in [1.29, 1.82) is 0 Å². The van der Waals surface area contributed by atoms with Gasteiger partial charge in [-0.15, -0.1) is 0 Å². The number of hydrogen-bond donors (Lipinski definition) is 1. The first kappa shape index (κ1) is 25.6. The lowest BCUT2D eigenvalue weighted by Crippen LogP contribution is -2.22. The number of nitrogens with zero attached hydrogens (tertiary/aromatic N) is 3. The number of halogens is 2. The Bertz CT molecular complexity index is 1520. The Morgan fingerprint density at radius 2 is 2.00 bits per heavy atom. The van der Waals surface area contributed by atoms with E-state index in [2.05, 4.69) is 31.3 Å². The van der Waals surface area contributed by atoms with E-state index in [4.69, 9.17) is 16.3 Å². The number of anilines is 1. The highest BCUT2D eigenvalue weighted by Crippen LogP contribution is 2.22. The smallest absolute Gasteiger partial charge is 0.282 e. The largest absolute Gasteiger partial charge is 0.483 e. The SMILES string of the molecule is CCCc1nc2ccc(Br)cc2c(=O)n1N=Cc1cc(Cl)ccc1OCC(=O)Nc1ccccc1C. The lowest BCUT2D eigenvalue weighted by molar-refractivity contribution is -0.118. The third-order valence-electron chi connectivity index (χ3n) is 5.41. The fourth-order valence-corrected chi connectivity index (χ4v) is 4.16. The Balaban J connectivity index is 1.61. The molecular formula is C27H24BrClN4O3. The summed E-state index contributed by atoms with van der Waals surface area (Å²) in [5.41, 5.74) is 2.54. The summed E-state index contributed by atoms with van der Waals surface area (Å²) in [7, 11) is 0. The molecule has 184 valence electrons. The summed E-state index contributed by atoms with van der Waals surface area (Å²) in [6.45, 7) is 3.72. The molecule has 0 radical (unpaired) electrons. The highest BCUT2D eigenvalue weighted by Gasteiger charge is 2.12. The van der Waals surface area contributed by atoms with E-state index in [0.29, 0.717) is 39.5 Å². The molecule has 0 unspecified atom stereocenters. The topological polar surface area (TPSA) is 85.6 Å². The van der Waals surface area contributed by atoms with Gasteiger partial charge in [0.05, 0.1) is 17.1 Å². The second-order valence-corrected chi connectivity index (χ2v) is 9.49. The predicted octanol–water partition coefficient (Wildman–Crippen LogP) is 5.97. The zero-order chi connectivity index (χ0) is 25.7. The molecule has 0 fully saturated rings. The average Bonchev–Trinajstić information content (AvgIpc) is 2.85. The Morgan fingerprint density at radius 3 is 2.78 bits per heavy atom. The van der Waals surface area contributed by atoms with Crippen molar-refractivity contribution in [2.75, 3.05) is 11.9 Å². The quantitative estimate of drug-likeness (QED) is 0.266. The second-order valence-electron chi connectivity index (χ2n) is 8.13. The van der Waals surface area contributed by atoms with E-state index in [1.165, 1.54) is 10.9 Å². The minimum atomic E-state index is -0.298. The van der Waals surface area contributed by atoms with Crippen LogP contribution < -0.4 is 15.6 Å². The molecule has 0 spiro atoms. The molecule has 1 N–H and O–H groups in total. The lowest BCUT2D eigenvalue weighted by atomic mass is 10.2. The van der Waals surface area contributed by atoms with Crippen molar-refractivity contribution in [3.05, 3.63) is 97.5 Å². The third-order valence-corrected chi connectivity index (χ3v) is 6.14. The lowest BCUT2D eigenvalue weighted by Gasteiger charge is -2.12. The first-order valence-corrected chi connectivity index (χ1v) is 12.6. The zero-order valence-electron chi connectivity index (χ0n) is 19.8. The van der Waals surface area contributed by atoms with E-state index in [9.17, 15) is 9.59 Å². The van der Waals surface area contributed by atoms with Crippen molar-refractivity contribution in [3.63, 3.8) is 0 Å². The van der Waals surface area contributed by atoms with Crippen LogP contribution in [0.15, 0.2) is 75.0 Å². The number of nitrogens with one attached hydrogen (secondary N) is 1. The molecule has 0 saturated heterocycles. The molecule has 1 aromatic heterocycles. The minimum absolute atomic E-state index is 0.205. The summed E-state index contributed by atoms with van der Waals surface area (Å²) in [6, 6.07) is 17.9. The standard InChI is InChI=1S/C27H24BrClN4O3/c1-3-6-25-31-23-11-9-19(28)14-21(23)27(35)33(25)30-15-18-13-20(29)10-12-24(18)36-16-26(34)32-22-8-5-4-7-17(22)2/h4-5,7-15H,3,6,16H2,1-2H3,(H,32,34). The van der Waals surface area contributed by atoms with Gasteiger partial charge in [0, 0.05) is 27.2 Å². The number of aromatic nitrogens is 2. The first-order valence-electron chi connectivity index (χ1n) is 11.4. The highest BCUT2D eigenvalue weighted by atomic mass is 79.9. The summed E-state index contributed by atoms with van der Waals surface area (Å²) < 4.78 is 7.86. The van der Waals surface area contributed by atoms with Gasteiger partial charge in [0.15, 0.2) is 6.61 Å². The molecule has 0 bridgehead atoms. The van der Waals surface area contributed by atoms with Crippen LogP contribution in [0, 0.1) is 6.92 Å². The van der Waals surface area contributed by atoms with Gasteiger partial charge in [-0.05, 0) is 61.4 Å². The normalized spacial score (nSPS) is 11.2. The molecule has 36 heavy (non-hydrogen) atoms. The van der Waals surface area contributed by atoms with E-state index in [1.54, 1.807) is 30.3 Å². The van der Waals surface area contributed by atoms with Crippen molar-refractivity contribution in [2.24, 2.45) is 5.10 Å². The molecule has 1 amide bonds. The van der Waals surface area contributed by atoms with Crippen LogP contribution in [-0.4, -0.2) is 28.4 Å². The summed E-state index contributed by atoms with van der Waals surface area (Å²) in [6.07, 6.45) is 2.87. The number of amides is 1. The molecule has 0 aliphatic rings. The van der Waals surface area contributed by atoms with Gasteiger partial charge in [-0.3, -0.25) is 9.59 Å². The molecule has 1 heterocycles. The van der Waals surface area contributed by atoms with Gasteiger partial charge >= 0.3 is 0 Å². The van der Waals surface area contributed by atoms with Gasteiger partial charge in [0.2, 0.25) is 0 Å². The number of fused-ring (bicyclic) bond motifs is 1. The first-order chi connectivity index (χ1) is 17.4. The van der Waals surface area contributed by atoms with E-state index >= 15 is 0 Å². The number of hydrogen-bond acceptors (Lipinski definition) is 5. The maximum absolute atomic E-state index is 13.2. The van der Waals surface area contributed by atoms with E-state index < -0.39 is 0 Å². The molecule has 7 nitrogen and oxygen atoms in total. The van der Waals surface area contributed by atoms with Gasteiger partial charge < -0.3 is 10.1 Å². The van der Waals surface area contributed by atoms with Gasteiger partial charge in [0.25, 0.3) is 11.5 Å². The second kappa shape index (κ2) is 11.5. The molecule has 3 aromatic carbocycles. The van der Waals surface area contributed by atoms with Gasteiger partial charge in [0.1, 0.15) is 11.6 Å². The van der Waals surface area contributed by atoms with Gasteiger partial charge in [-0.1, -0.05) is 52.7 Å². The maximum atomic E-state index is 13.2. The molecule has 0 atom stereocenters. The monoisotopic (exact) mass is 566 g/mol. The molecule has 0 saturated carbocycles. The van der Waals surface area contributed by atoms with Crippen molar-refractivity contribution >= 4 is 56.2 Å². The Hall–Kier alpha value is -3.49. The van der Waals surface area contributed by atoms with Crippen LogP contribution in [0.2, 0.25) is 5.02 Å². The fraction of sp³-hybridized carbons (Fsp3) is 0.185. The zero-order valence-corrected chi connectivity index (χ0v) is 22.1. The summed E-state index contributed by atoms with van der Waals surface area (Å²) in [4.78, 5) is 30.3. The number of carbonyl (C=O) groups excluding carboxylic acids is 1. The van der Waals surface area contributed by atoms with Crippen LogP contribution >= 0.6 is 27.5 Å². The summed E-state index contributed by atoms with van der Waals surface area (Å²) in [5, 5.41) is 8.21. The number of para-hydroxylation sites is 1. The number of ether oxygens (including phenoxy) is 1. The van der Waals surface area contributed by atoms with Crippen LogP contribution in [0.3, 0.4) is 0 Å². The Labute approximate surface area is 221 Å². The fourth-order valence-electron chi connectivity index (χ4n) is 3.61. The van der Waals surface area contributed by atoms with Crippen LogP contribution in [-0.2, 0) is 11.2 Å². The third kappa shape index (κ3) is 6.01. The molecule has 0 aliphatic carbocycles. The number of carbonyl (C=O) groups is 1. The molecule has 4 rings (SSSR count). The van der Waals surface area contributed by atoms with Crippen molar-refractivity contribution in [2.45, 2.75) is 26.7 Å². The summed E-state index contributed by atoms with van der Waals surface area (Å²) in [5.74, 6) is 0.660. The Morgan fingerprint density at radius 1 is 1.19 bits per heavy atom. The minimum Gasteiger partial charge on any atom is -0.483 e. The summed E-state index contributed by atoms with van der Waals surface area (Å²) >= 11 is 9.62. The molecule has 0 aliphatic heterocycles. The highest BCUT2D eigenvalue weighted by molar-refractivity contribution is 9.10. The van der Waals surface area contributed by atoms with Crippen LogP contribution in [0.25, 0.3) is 10.9 Å². The molecular weight excluding hydrogens is 544 g/mol. The van der Waals surface area contributed by atoms with E-state index in [1.807, 2.05) is 44.2 Å². The van der Waals surface area contributed by atoms with E-state index in [-0.39, 0.29) is 18.1 Å². The number of rotatable bonds is 8. The predicted molar refractivity (Wildman–Crippen MR) is 147 cm³/mol.